The van der Waals surface area contributed by atoms with Crippen molar-refractivity contribution in [2.45, 2.75) is 58.6 Å². The van der Waals surface area contributed by atoms with Gasteiger partial charge < -0.3 is 8.99 Å². The Labute approximate surface area is 160 Å². The molecule has 0 aromatic heterocycles. The van der Waals surface area contributed by atoms with Crippen LogP contribution in [0.1, 0.15) is 34.6 Å². The van der Waals surface area contributed by atoms with Crippen molar-refractivity contribution < 1.29 is 8.99 Å². The van der Waals surface area contributed by atoms with E-state index in [0.29, 0.717) is 0 Å². The van der Waals surface area contributed by atoms with Gasteiger partial charge in [-0.05, 0) is 24.1 Å². The van der Waals surface area contributed by atoms with Crippen molar-refractivity contribution in [2.24, 2.45) is 5.92 Å². The fraction of sp³-hybridized carbons (Fsp3) is 0.455. The van der Waals surface area contributed by atoms with E-state index in [-0.39, 0.29) is 16.8 Å². The lowest BCUT2D eigenvalue weighted by Crippen LogP contribution is -2.47. The SMILES string of the molecule is CC(C)C(O[Si](C)(C)C(C)(C)C)P(=O)(c1ccccc1)c1ccccc1. The van der Waals surface area contributed by atoms with Gasteiger partial charge in [-0.2, -0.15) is 0 Å². The Morgan fingerprint density at radius 2 is 1.23 bits per heavy atom. The molecule has 0 heterocycles. The molecule has 0 bridgehead atoms. The third-order valence-electron chi connectivity index (χ3n) is 5.43. The molecule has 2 rings (SSSR count). The van der Waals surface area contributed by atoms with Crippen LogP contribution in [-0.2, 0) is 8.99 Å². The topological polar surface area (TPSA) is 26.3 Å². The maximum absolute atomic E-state index is 14.7. The summed E-state index contributed by atoms with van der Waals surface area (Å²) in [6.45, 7) is 15.4. The molecule has 26 heavy (non-hydrogen) atoms. The predicted octanol–water partition coefficient (Wildman–Crippen LogP) is 6.00. The first kappa shape index (κ1) is 21.2. The van der Waals surface area contributed by atoms with Gasteiger partial charge in [-0.3, -0.25) is 0 Å². The molecule has 0 fully saturated rings. The van der Waals surface area contributed by atoms with Crippen LogP contribution >= 0.6 is 7.14 Å². The molecule has 1 atom stereocenters. The van der Waals surface area contributed by atoms with E-state index in [1.165, 1.54) is 0 Å². The molecule has 0 aliphatic carbocycles. The molecule has 4 heteroatoms. The van der Waals surface area contributed by atoms with Crippen LogP contribution in [0.4, 0.5) is 0 Å². The molecule has 0 radical (unpaired) electrons. The molecule has 1 unspecified atom stereocenters. The monoisotopic (exact) mass is 388 g/mol. The van der Waals surface area contributed by atoms with Gasteiger partial charge in [0.25, 0.3) is 0 Å². The molecule has 2 aromatic rings. The van der Waals surface area contributed by atoms with Crippen molar-refractivity contribution in [2.75, 3.05) is 0 Å². The Morgan fingerprint density at radius 3 is 1.54 bits per heavy atom. The van der Waals surface area contributed by atoms with E-state index in [9.17, 15) is 4.57 Å². The maximum Gasteiger partial charge on any atom is 0.193 e. The summed E-state index contributed by atoms with van der Waals surface area (Å²) in [7, 11) is -5.02. The van der Waals surface area contributed by atoms with Crippen molar-refractivity contribution in [3.63, 3.8) is 0 Å². The highest BCUT2D eigenvalue weighted by Crippen LogP contribution is 2.54. The number of rotatable bonds is 6. The molecular weight excluding hydrogens is 355 g/mol. The van der Waals surface area contributed by atoms with E-state index in [1.807, 2.05) is 60.7 Å². The van der Waals surface area contributed by atoms with Crippen LogP contribution in [0.2, 0.25) is 18.1 Å². The maximum atomic E-state index is 14.7. The zero-order valence-corrected chi connectivity index (χ0v) is 19.1. The Balaban J connectivity index is 2.64. The van der Waals surface area contributed by atoms with Crippen LogP contribution in [0.3, 0.4) is 0 Å². The zero-order chi connectivity index (χ0) is 19.6. The van der Waals surface area contributed by atoms with Crippen LogP contribution in [0.25, 0.3) is 0 Å². The highest BCUT2D eigenvalue weighted by Gasteiger charge is 2.46. The lowest BCUT2D eigenvalue weighted by atomic mass is 10.2. The van der Waals surface area contributed by atoms with Gasteiger partial charge in [0.05, 0.1) is 0 Å². The van der Waals surface area contributed by atoms with Gasteiger partial charge in [0.2, 0.25) is 0 Å². The Bertz CT molecular complexity index is 705. The van der Waals surface area contributed by atoms with Gasteiger partial charge in [-0.25, -0.2) is 0 Å². The van der Waals surface area contributed by atoms with E-state index in [2.05, 4.69) is 47.7 Å². The van der Waals surface area contributed by atoms with Gasteiger partial charge in [-0.15, -0.1) is 0 Å². The Morgan fingerprint density at radius 1 is 0.846 bits per heavy atom. The average molecular weight is 389 g/mol. The number of hydrogen-bond donors (Lipinski definition) is 0. The second-order valence-corrected chi connectivity index (χ2v) is 16.5. The summed E-state index contributed by atoms with van der Waals surface area (Å²) in [5.74, 6) is -0.177. The fourth-order valence-electron chi connectivity index (χ4n) is 2.85. The van der Waals surface area contributed by atoms with E-state index < -0.39 is 15.5 Å². The minimum atomic E-state index is -2.94. The van der Waals surface area contributed by atoms with Crippen LogP contribution in [-0.4, -0.2) is 14.2 Å². The van der Waals surface area contributed by atoms with Crippen molar-refractivity contribution in [1.29, 1.82) is 0 Å². The van der Waals surface area contributed by atoms with E-state index in [0.717, 1.165) is 10.6 Å². The summed E-state index contributed by atoms with van der Waals surface area (Å²) >= 11 is 0. The minimum Gasteiger partial charge on any atom is -0.406 e. The lowest BCUT2D eigenvalue weighted by molar-refractivity contribution is 0.203. The Kier molecular flexibility index (Phi) is 6.38. The second-order valence-electron chi connectivity index (χ2n) is 8.84. The van der Waals surface area contributed by atoms with Crippen LogP contribution in [0.15, 0.2) is 60.7 Å². The summed E-state index contributed by atoms with van der Waals surface area (Å²) in [5.41, 5.74) is 0. The van der Waals surface area contributed by atoms with Crippen molar-refractivity contribution >= 4 is 26.1 Å². The predicted molar refractivity (Wildman–Crippen MR) is 117 cm³/mol. The molecule has 0 saturated carbocycles. The van der Waals surface area contributed by atoms with Crippen LogP contribution < -0.4 is 10.6 Å². The van der Waals surface area contributed by atoms with E-state index in [4.69, 9.17) is 4.43 Å². The lowest BCUT2D eigenvalue weighted by Gasteiger charge is -2.43. The third kappa shape index (κ3) is 4.22. The molecule has 2 aromatic carbocycles. The summed E-state index contributed by atoms with van der Waals surface area (Å²) in [5, 5.41) is 1.82. The summed E-state index contributed by atoms with van der Waals surface area (Å²) in [6.07, 6.45) is 0. The first-order valence-corrected chi connectivity index (χ1v) is 14.1. The first-order valence-electron chi connectivity index (χ1n) is 9.39. The van der Waals surface area contributed by atoms with Gasteiger partial charge in [0.1, 0.15) is 5.85 Å². The van der Waals surface area contributed by atoms with Gasteiger partial charge in [-0.1, -0.05) is 95.3 Å². The molecule has 0 aliphatic rings. The molecule has 0 saturated heterocycles. The summed E-state index contributed by atoms with van der Waals surface area (Å²) in [6, 6.07) is 19.7. The fourth-order valence-corrected chi connectivity index (χ4v) is 8.42. The molecule has 2 nitrogen and oxygen atoms in total. The van der Waals surface area contributed by atoms with Gasteiger partial charge in [0.15, 0.2) is 15.5 Å². The summed E-state index contributed by atoms with van der Waals surface area (Å²) < 4.78 is 21.5. The number of benzene rings is 2. The van der Waals surface area contributed by atoms with Gasteiger partial charge in [0, 0.05) is 10.6 Å². The normalized spacial score (nSPS) is 14.5. The first-order chi connectivity index (χ1) is 12.0. The van der Waals surface area contributed by atoms with Gasteiger partial charge >= 0.3 is 0 Å². The zero-order valence-electron chi connectivity index (χ0n) is 17.2. The van der Waals surface area contributed by atoms with Crippen molar-refractivity contribution in [3.8, 4) is 0 Å². The number of hydrogen-bond acceptors (Lipinski definition) is 2. The molecule has 0 aliphatic heterocycles. The quantitative estimate of drug-likeness (QED) is 0.448. The minimum absolute atomic E-state index is 0.0678. The van der Waals surface area contributed by atoms with Crippen molar-refractivity contribution in [1.82, 2.24) is 0 Å². The molecular formula is C22H33O2PSi. The Hall–Kier alpha value is -1.15. The summed E-state index contributed by atoms with van der Waals surface area (Å²) in [4.78, 5) is 0. The largest absolute Gasteiger partial charge is 0.406 e. The second kappa shape index (κ2) is 7.84. The molecule has 0 spiro atoms. The molecule has 0 N–H and O–H groups in total. The van der Waals surface area contributed by atoms with E-state index >= 15 is 0 Å². The highest BCUT2D eigenvalue weighted by atomic mass is 31.2. The molecule has 0 amide bonds. The van der Waals surface area contributed by atoms with Crippen molar-refractivity contribution in [3.05, 3.63) is 60.7 Å². The van der Waals surface area contributed by atoms with E-state index in [1.54, 1.807) is 0 Å². The van der Waals surface area contributed by atoms with Crippen LogP contribution in [0, 0.1) is 5.92 Å². The standard InChI is InChI=1S/C22H33O2PSi/c1-18(2)21(24-26(6,7)22(3,4)5)25(23,19-14-10-8-11-15-19)20-16-12-9-13-17-20/h8-18,21H,1-7H3. The highest BCUT2D eigenvalue weighted by molar-refractivity contribution is 7.79. The third-order valence-corrected chi connectivity index (χ3v) is 13.6. The average Bonchev–Trinajstić information content (AvgIpc) is 2.59. The smallest absolute Gasteiger partial charge is 0.193 e. The molecule has 142 valence electrons. The van der Waals surface area contributed by atoms with Crippen LogP contribution in [0.5, 0.6) is 0 Å².